The van der Waals surface area contributed by atoms with Crippen LogP contribution in [0.25, 0.3) is 0 Å². The van der Waals surface area contributed by atoms with E-state index in [4.69, 9.17) is 4.52 Å². The quantitative estimate of drug-likeness (QED) is 0.461. The van der Waals surface area contributed by atoms with Gasteiger partial charge in [0.15, 0.2) is 5.78 Å². The van der Waals surface area contributed by atoms with Crippen LogP contribution < -0.4 is 0 Å². The van der Waals surface area contributed by atoms with Gasteiger partial charge in [0.25, 0.3) is 0 Å². The Labute approximate surface area is 145 Å². The maximum atomic E-state index is 12.5. The van der Waals surface area contributed by atoms with E-state index in [1.807, 2.05) is 0 Å². The molecule has 2 aromatic carbocycles. The smallest absolute Gasteiger partial charge is 0.337 e. The minimum atomic E-state index is -3.66. The molecule has 0 spiro atoms. The van der Waals surface area contributed by atoms with Gasteiger partial charge in [-0.05, 0) is 24.6 Å². The summed E-state index contributed by atoms with van der Waals surface area (Å²) in [7, 11) is -2.37. The molecule has 1 unspecified atom stereocenters. The molecule has 0 aromatic heterocycles. The molecule has 2 aromatic rings. The fourth-order valence-electron chi connectivity index (χ4n) is 2.28. The van der Waals surface area contributed by atoms with Crippen molar-refractivity contribution in [2.75, 3.05) is 13.7 Å². The van der Waals surface area contributed by atoms with E-state index in [2.05, 4.69) is 4.74 Å². The van der Waals surface area contributed by atoms with Crippen molar-refractivity contribution in [3.05, 3.63) is 70.8 Å². The van der Waals surface area contributed by atoms with Crippen molar-refractivity contribution in [2.24, 2.45) is 0 Å². The van der Waals surface area contributed by atoms with Crippen LogP contribution in [0.3, 0.4) is 0 Å². The Bertz CT molecular complexity index is 795. The van der Waals surface area contributed by atoms with E-state index >= 15 is 0 Å². The Balaban J connectivity index is 2.12. The average molecular weight is 362 g/mol. The van der Waals surface area contributed by atoms with Crippen molar-refractivity contribution in [1.29, 1.82) is 0 Å². The second-order valence-electron chi connectivity index (χ2n) is 5.31. The molecule has 1 atom stereocenters. The summed E-state index contributed by atoms with van der Waals surface area (Å²) in [5.41, 5.74) is 1.85. The standard InChI is InChI=1S/C18H19O6P/c1-3-24-25(21,22)12-13-4-6-14(7-5-13)17(19)15-8-10-16(11-9-15)18(20)23-2/h4-11H,3,12H2,1-2H3,(H,21,22). The highest BCUT2D eigenvalue weighted by atomic mass is 31.2. The third-order valence-electron chi connectivity index (χ3n) is 3.50. The summed E-state index contributed by atoms with van der Waals surface area (Å²) >= 11 is 0. The molecule has 6 nitrogen and oxygen atoms in total. The summed E-state index contributed by atoms with van der Waals surface area (Å²) in [4.78, 5) is 33.5. The second-order valence-corrected chi connectivity index (χ2v) is 7.16. The van der Waals surface area contributed by atoms with Crippen LogP contribution in [0.4, 0.5) is 0 Å². The van der Waals surface area contributed by atoms with E-state index in [1.165, 1.54) is 19.2 Å². The highest BCUT2D eigenvalue weighted by Gasteiger charge is 2.19. The predicted molar refractivity (Wildman–Crippen MR) is 92.8 cm³/mol. The van der Waals surface area contributed by atoms with Gasteiger partial charge in [0.1, 0.15) is 0 Å². The molecule has 0 aliphatic carbocycles. The van der Waals surface area contributed by atoms with E-state index in [1.54, 1.807) is 43.3 Å². The van der Waals surface area contributed by atoms with Crippen LogP contribution in [0.2, 0.25) is 0 Å². The van der Waals surface area contributed by atoms with Gasteiger partial charge in [-0.25, -0.2) is 4.79 Å². The maximum absolute atomic E-state index is 12.5. The first kappa shape index (κ1) is 19.1. The zero-order valence-corrected chi connectivity index (χ0v) is 14.9. The molecule has 0 radical (unpaired) electrons. The molecule has 132 valence electrons. The molecule has 0 saturated carbocycles. The minimum Gasteiger partial charge on any atom is -0.465 e. The number of methoxy groups -OCH3 is 1. The number of hydrogen-bond donors (Lipinski definition) is 1. The van der Waals surface area contributed by atoms with Crippen molar-refractivity contribution in [1.82, 2.24) is 0 Å². The second kappa shape index (κ2) is 8.21. The van der Waals surface area contributed by atoms with Gasteiger partial charge in [-0.1, -0.05) is 36.4 Å². The van der Waals surface area contributed by atoms with Gasteiger partial charge in [-0.2, -0.15) is 0 Å². The maximum Gasteiger partial charge on any atom is 0.337 e. The Kier molecular flexibility index (Phi) is 6.26. The van der Waals surface area contributed by atoms with E-state index in [0.29, 0.717) is 22.3 Å². The van der Waals surface area contributed by atoms with Gasteiger partial charge in [-0.3, -0.25) is 9.36 Å². The number of esters is 1. The number of ketones is 1. The van der Waals surface area contributed by atoms with Crippen molar-refractivity contribution < 1.29 is 28.3 Å². The van der Waals surface area contributed by atoms with Gasteiger partial charge in [0.05, 0.1) is 25.4 Å². The Morgan fingerprint density at radius 2 is 1.44 bits per heavy atom. The van der Waals surface area contributed by atoms with Crippen LogP contribution in [0.5, 0.6) is 0 Å². The lowest BCUT2D eigenvalue weighted by Gasteiger charge is -2.11. The molecule has 0 aliphatic rings. The molecular formula is C18H19O6P. The molecule has 0 heterocycles. The number of rotatable bonds is 7. The highest BCUT2D eigenvalue weighted by molar-refractivity contribution is 7.51. The van der Waals surface area contributed by atoms with Crippen LogP contribution in [0, 0.1) is 0 Å². The number of carbonyl (C=O) groups excluding carboxylic acids is 2. The normalized spacial score (nSPS) is 13.1. The van der Waals surface area contributed by atoms with Crippen LogP contribution in [-0.4, -0.2) is 30.4 Å². The first-order chi connectivity index (χ1) is 11.9. The van der Waals surface area contributed by atoms with Crippen molar-refractivity contribution >= 4 is 19.3 Å². The lowest BCUT2D eigenvalue weighted by atomic mass is 10.0. The summed E-state index contributed by atoms with van der Waals surface area (Å²) < 4.78 is 21.2. The largest absolute Gasteiger partial charge is 0.465 e. The van der Waals surface area contributed by atoms with Crippen LogP contribution in [0.15, 0.2) is 48.5 Å². The summed E-state index contributed by atoms with van der Waals surface area (Å²) in [6.45, 7) is 1.81. The summed E-state index contributed by atoms with van der Waals surface area (Å²) in [5.74, 6) is -0.675. The van der Waals surface area contributed by atoms with Gasteiger partial charge in [0, 0.05) is 11.1 Å². The summed E-state index contributed by atoms with van der Waals surface area (Å²) in [5, 5.41) is 0. The molecule has 1 N–H and O–H groups in total. The van der Waals surface area contributed by atoms with Crippen LogP contribution in [0.1, 0.15) is 38.8 Å². The zero-order valence-electron chi connectivity index (χ0n) is 14.0. The lowest BCUT2D eigenvalue weighted by Crippen LogP contribution is -2.04. The lowest BCUT2D eigenvalue weighted by molar-refractivity contribution is 0.0600. The topological polar surface area (TPSA) is 89.9 Å². The van der Waals surface area contributed by atoms with Gasteiger partial charge < -0.3 is 14.2 Å². The fraction of sp³-hybridized carbons (Fsp3) is 0.222. The van der Waals surface area contributed by atoms with Crippen LogP contribution in [-0.2, 0) is 20.0 Å². The zero-order chi connectivity index (χ0) is 18.4. The highest BCUT2D eigenvalue weighted by Crippen LogP contribution is 2.45. The monoisotopic (exact) mass is 362 g/mol. The molecule has 0 fully saturated rings. The number of carbonyl (C=O) groups is 2. The molecule has 2 rings (SSSR count). The first-order valence-electron chi connectivity index (χ1n) is 7.64. The summed E-state index contributed by atoms with van der Waals surface area (Å²) in [6.07, 6.45) is -0.108. The number of ether oxygens (including phenoxy) is 1. The first-order valence-corrected chi connectivity index (χ1v) is 9.41. The van der Waals surface area contributed by atoms with Crippen molar-refractivity contribution in [3.8, 4) is 0 Å². The van der Waals surface area contributed by atoms with E-state index in [0.717, 1.165) is 0 Å². The van der Waals surface area contributed by atoms with E-state index in [9.17, 15) is 19.0 Å². The SMILES string of the molecule is CCOP(=O)(O)Cc1ccc(C(=O)c2ccc(C(=O)OC)cc2)cc1. The molecule has 0 aliphatic heterocycles. The molecule has 0 amide bonds. The third-order valence-corrected chi connectivity index (χ3v) is 4.92. The average Bonchev–Trinajstić information content (AvgIpc) is 2.61. The molecule has 25 heavy (non-hydrogen) atoms. The number of benzene rings is 2. The van der Waals surface area contributed by atoms with Gasteiger partial charge in [0.2, 0.25) is 0 Å². The fourth-order valence-corrected chi connectivity index (χ4v) is 3.45. The third kappa shape index (κ3) is 5.10. The van der Waals surface area contributed by atoms with Crippen LogP contribution >= 0.6 is 7.60 Å². The predicted octanol–water partition coefficient (Wildman–Crippen LogP) is 3.43. The summed E-state index contributed by atoms with van der Waals surface area (Å²) in [6, 6.07) is 12.6. The van der Waals surface area contributed by atoms with Crippen molar-refractivity contribution in [2.45, 2.75) is 13.1 Å². The minimum absolute atomic E-state index is 0.108. The number of hydrogen-bond acceptors (Lipinski definition) is 5. The van der Waals surface area contributed by atoms with E-state index in [-0.39, 0.29) is 18.6 Å². The molecule has 7 heteroatoms. The Morgan fingerprint density at radius 1 is 0.960 bits per heavy atom. The Morgan fingerprint density at radius 3 is 1.92 bits per heavy atom. The molecule has 0 bridgehead atoms. The van der Waals surface area contributed by atoms with E-state index < -0.39 is 13.6 Å². The van der Waals surface area contributed by atoms with Gasteiger partial charge >= 0.3 is 13.6 Å². The molecule has 0 saturated heterocycles. The van der Waals surface area contributed by atoms with Crippen molar-refractivity contribution in [3.63, 3.8) is 0 Å². The Hall–Kier alpha value is -2.27. The molecular weight excluding hydrogens is 343 g/mol. The van der Waals surface area contributed by atoms with Gasteiger partial charge in [-0.15, -0.1) is 0 Å².